The second kappa shape index (κ2) is 3.32. The molecule has 3 fully saturated rings. The average Bonchev–Trinajstić information content (AvgIpc) is 2.89. The van der Waals surface area contributed by atoms with E-state index in [0.29, 0.717) is 19.4 Å². The monoisotopic (exact) mass is 238 g/mol. The molecule has 92 valence electrons. The number of ether oxygens (including phenoxy) is 2. The number of hydrogen-bond donors (Lipinski definition) is 1. The molecule has 0 radical (unpaired) electrons. The maximum atomic E-state index is 11.7. The van der Waals surface area contributed by atoms with Crippen molar-refractivity contribution in [3.8, 4) is 0 Å². The van der Waals surface area contributed by atoms with E-state index in [-0.39, 0.29) is 17.8 Å². The molecule has 0 aromatic carbocycles. The first-order valence-electron chi connectivity index (χ1n) is 5.77. The fourth-order valence-corrected chi connectivity index (χ4v) is 3.72. The van der Waals surface area contributed by atoms with Crippen molar-refractivity contribution in [1.29, 1.82) is 0 Å². The number of carbonyl (C=O) groups excluding carboxylic acids is 2. The molecule has 2 aliphatic carbocycles. The molecule has 2 bridgehead atoms. The van der Waals surface area contributed by atoms with Crippen LogP contribution in [0.5, 0.6) is 0 Å². The van der Waals surface area contributed by atoms with Crippen molar-refractivity contribution in [3.63, 3.8) is 0 Å². The van der Waals surface area contributed by atoms with Gasteiger partial charge in [-0.1, -0.05) is 6.58 Å². The molecule has 5 heteroatoms. The summed E-state index contributed by atoms with van der Waals surface area (Å²) in [5, 5.41) is 9.92. The summed E-state index contributed by atoms with van der Waals surface area (Å²) in [5.74, 6) is -1.26. The van der Waals surface area contributed by atoms with E-state index in [2.05, 4.69) is 6.58 Å². The summed E-state index contributed by atoms with van der Waals surface area (Å²) >= 11 is 0. The molecule has 1 aliphatic heterocycles. The second-order valence-electron chi connectivity index (χ2n) is 5.10. The van der Waals surface area contributed by atoms with Crippen LogP contribution in [0.1, 0.15) is 12.8 Å². The Kier molecular flexibility index (Phi) is 2.10. The van der Waals surface area contributed by atoms with Crippen molar-refractivity contribution >= 4 is 11.9 Å². The standard InChI is InChI=1S/C12H14O5/c1-2-9(14)17-12-3-6(8(13)4-12)7-5-16-11(15)10(7)12/h2,6-8,10,13H,1,3-5H2. The van der Waals surface area contributed by atoms with Gasteiger partial charge >= 0.3 is 11.9 Å². The van der Waals surface area contributed by atoms with Crippen LogP contribution in [-0.4, -0.2) is 35.4 Å². The van der Waals surface area contributed by atoms with Gasteiger partial charge in [0, 0.05) is 18.4 Å². The first-order chi connectivity index (χ1) is 8.07. The molecule has 0 spiro atoms. The number of hydrogen-bond acceptors (Lipinski definition) is 5. The summed E-state index contributed by atoms with van der Waals surface area (Å²) in [6.07, 6.45) is 1.46. The van der Waals surface area contributed by atoms with E-state index in [1.54, 1.807) is 0 Å². The van der Waals surface area contributed by atoms with E-state index in [9.17, 15) is 14.7 Å². The highest BCUT2D eigenvalue weighted by Gasteiger charge is 2.69. The zero-order chi connectivity index (χ0) is 12.2. The fourth-order valence-electron chi connectivity index (χ4n) is 3.72. The van der Waals surface area contributed by atoms with Crippen molar-refractivity contribution in [3.05, 3.63) is 12.7 Å². The number of fused-ring (bicyclic) bond motifs is 5. The van der Waals surface area contributed by atoms with E-state index in [1.165, 1.54) is 0 Å². The summed E-state index contributed by atoms with van der Waals surface area (Å²) in [7, 11) is 0. The third kappa shape index (κ3) is 1.29. The normalized spacial score (nSPS) is 46.5. The van der Waals surface area contributed by atoms with Gasteiger partial charge in [0.25, 0.3) is 0 Å². The molecule has 17 heavy (non-hydrogen) atoms. The number of carbonyl (C=O) groups is 2. The van der Waals surface area contributed by atoms with Crippen molar-refractivity contribution in [2.24, 2.45) is 17.8 Å². The minimum Gasteiger partial charge on any atom is -0.465 e. The average molecular weight is 238 g/mol. The lowest BCUT2D eigenvalue weighted by atomic mass is 9.77. The highest BCUT2D eigenvalue weighted by molar-refractivity contribution is 5.83. The highest BCUT2D eigenvalue weighted by Crippen LogP contribution is 2.59. The van der Waals surface area contributed by atoms with Gasteiger partial charge in [0.1, 0.15) is 11.5 Å². The van der Waals surface area contributed by atoms with Crippen molar-refractivity contribution in [2.75, 3.05) is 6.61 Å². The molecule has 5 unspecified atom stereocenters. The smallest absolute Gasteiger partial charge is 0.330 e. The van der Waals surface area contributed by atoms with Crippen LogP contribution in [0, 0.1) is 17.8 Å². The number of cyclic esters (lactones) is 1. The minimum atomic E-state index is -0.867. The molecule has 0 aromatic rings. The maximum Gasteiger partial charge on any atom is 0.330 e. The number of rotatable bonds is 2. The van der Waals surface area contributed by atoms with Crippen molar-refractivity contribution < 1.29 is 24.2 Å². The molecule has 1 N–H and O–H groups in total. The van der Waals surface area contributed by atoms with Gasteiger partial charge in [-0.2, -0.15) is 0 Å². The lowest BCUT2D eigenvalue weighted by Gasteiger charge is -2.33. The Morgan fingerprint density at radius 3 is 3.00 bits per heavy atom. The van der Waals surface area contributed by atoms with Gasteiger partial charge < -0.3 is 14.6 Å². The molecule has 0 amide bonds. The first-order valence-corrected chi connectivity index (χ1v) is 5.77. The lowest BCUT2D eigenvalue weighted by molar-refractivity contribution is -0.166. The van der Waals surface area contributed by atoms with Crippen LogP contribution in [0.2, 0.25) is 0 Å². The highest BCUT2D eigenvalue weighted by atomic mass is 16.6. The largest absolute Gasteiger partial charge is 0.465 e. The molecule has 1 saturated heterocycles. The molecule has 1 heterocycles. The molecule has 3 aliphatic rings. The Labute approximate surface area is 98.4 Å². The number of aliphatic hydroxyl groups is 1. The summed E-state index contributed by atoms with van der Waals surface area (Å²) in [6, 6.07) is 0. The predicted octanol–water partition coefficient (Wildman–Crippen LogP) is 0.0281. The Bertz CT molecular complexity index is 404. The quantitative estimate of drug-likeness (QED) is 0.542. The van der Waals surface area contributed by atoms with E-state index < -0.39 is 23.6 Å². The minimum absolute atomic E-state index is 0.00376. The summed E-state index contributed by atoms with van der Waals surface area (Å²) in [4.78, 5) is 23.1. The third-order valence-corrected chi connectivity index (χ3v) is 4.32. The van der Waals surface area contributed by atoms with Crippen LogP contribution in [0.3, 0.4) is 0 Å². The number of esters is 2. The van der Waals surface area contributed by atoms with Crippen molar-refractivity contribution in [1.82, 2.24) is 0 Å². The van der Waals surface area contributed by atoms with Gasteiger partial charge in [-0.05, 0) is 12.3 Å². The SMILES string of the molecule is C=CC(=O)OC12CC(O)C(C1)C1COC(=O)C12. The molecule has 5 atom stereocenters. The fraction of sp³-hybridized carbons (Fsp3) is 0.667. The number of aliphatic hydroxyl groups excluding tert-OH is 1. The molecular weight excluding hydrogens is 224 g/mol. The van der Waals surface area contributed by atoms with Crippen LogP contribution in [0.25, 0.3) is 0 Å². The van der Waals surface area contributed by atoms with Gasteiger partial charge in [-0.25, -0.2) is 4.79 Å². The summed E-state index contributed by atoms with van der Waals surface area (Å²) in [6.45, 7) is 3.68. The molecular formula is C12H14O5. The zero-order valence-corrected chi connectivity index (χ0v) is 9.30. The van der Waals surface area contributed by atoms with Crippen LogP contribution < -0.4 is 0 Å². The van der Waals surface area contributed by atoms with Crippen LogP contribution >= 0.6 is 0 Å². The zero-order valence-electron chi connectivity index (χ0n) is 9.30. The third-order valence-electron chi connectivity index (χ3n) is 4.32. The van der Waals surface area contributed by atoms with E-state index in [4.69, 9.17) is 9.47 Å². The summed E-state index contributed by atoms with van der Waals surface area (Å²) in [5.41, 5.74) is -0.867. The van der Waals surface area contributed by atoms with E-state index in [0.717, 1.165) is 6.08 Å². The molecule has 0 aromatic heterocycles. The Balaban J connectivity index is 1.94. The van der Waals surface area contributed by atoms with E-state index >= 15 is 0 Å². The predicted molar refractivity (Wildman–Crippen MR) is 55.7 cm³/mol. The van der Waals surface area contributed by atoms with Crippen LogP contribution in [-0.2, 0) is 19.1 Å². The van der Waals surface area contributed by atoms with E-state index in [1.807, 2.05) is 0 Å². The van der Waals surface area contributed by atoms with Gasteiger partial charge in [0.15, 0.2) is 0 Å². The Morgan fingerprint density at radius 1 is 1.53 bits per heavy atom. The Hall–Kier alpha value is -1.36. The Morgan fingerprint density at radius 2 is 2.29 bits per heavy atom. The van der Waals surface area contributed by atoms with Gasteiger partial charge in [0.05, 0.1) is 12.7 Å². The van der Waals surface area contributed by atoms with Crippen LogP contribution in [0.4, 0.5) is 0 Å². The van der Waals surface area contributed by atoms with Crippen molar-refractivity contribution in [2.45, 2.75) is 24.5 Å². The summed E-state index contributed by atoms with van der Waals surface area (Å²) < 4.78 is 10.4. The maximum absolute atomic E-state index is 11.7. The first kappa shape index (κ1) is 10.8. The molecule has 2 saturated carbocycles. The van der Waals surface area contributed by atoms with Crippen LogP contribution in [0.15, 0.2) is 12.7 Å². The molecule has 3 rings (SSSR count). The van der Waals surface area contributed by atoms with Gasteiger partial charge in [-0.3, -0.25) is 4.79 Å². The molecule has 5 nitrogen and oxygen atoms in total. The second-order valence-corrected chi connectivity index (χ2v) is 5.10. The lowest BCUT2D eigenvalue weighted by Crippen LogP contribution is -2.45. The van der Waals surface area contributed by atoms with Gasteiger partial charge in [0.2, 0.25) is 0 Å². The van der Waals surface area contributed by atoms with Gasteiger partial charge in [-0.15, -0.1) is 0 Å². The topological polar surface area (TPSA) is 72.8 Å².